The summed E-state index contributed by atoms with van der Waals surface area (Å²) < 4.78 is 39.3. The van der Waals surface area contributed by atoms with E-state index >= 15 is 0 Å². The van der Waals surface area contributed by atoms with E-state index < -0.39 is 28.9 Å². The van der Waals surface area contributed by atoms with Gasteiger partial charge in [0.25, 0.3) is 5.91 Å². The van der Waals surface area contributed by atoms with Crippen LogP contribution in [-0.4, -0.2) is 22.6 Å². The highest BCUT2D eigenvalue weighted by Gasteiger charge is 2.19. The molecule has 2 aromatic rings. The molecule has 0 saturated carbocycles. The Labute approximate surface area is 121 Å². The molecule has 0 aliphatic heterocycles. The lowest BCUT2D eigenvalue weighted by Crippen LogP contribution is -2.15. The number of carbonyl (C=O) groups excluding carboxylic acids is 1. The molecule has 2 N–H and O–H groups in total. The highest BCUT2D eigenvalue weighted by atomic mass is 32.1. The van der Waals surface area contributed by atoms with Gasteiger partial charge in [-0.25, -0.2) is 18.2 Å². The lowest BCUT2D eigenvalue weighted by Gasteiger charge is -2.04. The molecule has 0 fully saturated rings. The van der Waals surface area contributed by atoms with Gasteiger partial charge in [-0.05, 0) is 12.1 Å². The van der Waals surface area contributed by atoms with E-state index in [1.54, 1.807) is 0 Å². The number of aliphatic hydroxyl groups is 1. The maximum absolute atomic E-state index is 13.4. The molecular formula is C13H7F3N2O2S. The first-order valence-corrected chi connectivity index (χ1v) is 6.35. The van der Waals surface area contributed by atoms with Gasteiger partial charge in [0.1, 0.15) is 6.61 Å². The third-order valence-corrected chi connectivity index (χ3v) is 3.12. The van der Waals surface area contributed by atoms with Crippen LogP contribution >= 0.6 is 11.3 Å². The molecule has 2 rings (SSSR count). The number of anilines is 1. The zero-order valence-corrected chi connectivity index (χ0v) is 11.1. The minimum Gasteiger partial charge on any atom is -0.384 e. The molecule has 1 amide bonds. The number of thiazole rings is 1. The van der Waals surface area contributed by atoms with Gasteiger partial charge in [0.15, 0.2) is 22.6 Å². The number of hydrogen-bond acceptors (Lipinski definition) is 4. The van der Waals surface area contributed by atoms with Gasteiger partial charge in [-0.1, -0.05) is 23.2 Å². The second kappa shape index (κ2) is 6.39. The minimum absolute atomic E-state index is 0.117. The molecule has 8 heteroatoms. The van der Waals surface area contributed by atoms with Crippen LogP contribution in [-0.2, 0) is 0 Å². The van der Waals surface area contributed by atoms with Crippen LogP contribution in [0.2, 0.25) is 0 Å². The summed E-state index contributed by atoms with van der Waals surface area (Å²) in [6.07, 6.45) is 1.35. The molecule has 0 spiro atoms. The number of amides is 1. The molecular weight excluding hydrogens is 305 g/mol. The SMILES string of the molecule is O=C(Nc1ncc(C#CCO)s1)c1ccc(F)c(F)c1F. The van der Waals surface area contributed by atoms with Crippen molar-refractivity contribution < 1.29 is 23.1 Å². The Balaban J connectivity index is 2.19. The number of rotatable bonds is 2. The fraction of sp³-hybridized carbons (Fsp3) is 0.0769. The lowest BCUT2D eigenvalue weighted by atomic mass is 10.2. The maximum atomic E-state index is 13.4. The monoisotopic (exact) mass is 312 g/mol. The van der Waals surface area contributed by atoms with Gasteiger partial charge in [-0.3, -0.25) is 10.1 Å². The zero-order valence-electron chi connectivity index (χ0n) is 10.3. The van der Waals surface area contributed by atoms with Gasteiger partial charge in [0, 0.05) is 0 Å². The van der Waals surface area contributed by atoms with E-state index in [-0.39, 0.29) is 11.7 Å². The first-order chi connectivity index (χ1) is 10.0. The number of nitrogens with zero attached hydrogens (tertiary/aromatic N) is 1. The van der Waals surface area contributed by atoms with Crippen molar-refractivity contribution in [1.82, 2.24) is 4.98 Å². The Morgan fingerprint density at radius 1 is 1.33 bits per heavy atom. The van der Waals surface area contributed by atoms with E-state index in [0.717, 1.165) is 17.4 Å². The largest absolute Gasteiger partial charge is 0.384 e. The van der Waals surface area contributed by atoms with Gasteiger partial charge in [-0.2, -0.15) is 0 Å². The summed E-state index contributed by atoms with van der Waals surface area (Å²) >= 11 is 0.991. The highest BCUT2D eigenvalue weighted by molar-refractivity contribution is 7.16. The van der Waals surface area contributed by atoms with Crippen LogP contribution in [0.5, 0.6) is 0 Å². The molecule has 1 aromatic heterocycles. The summed E-state index contributed by atoms with van der Waals surface area (Å²) in [7, 11) is 0. The fourth-order valence-corrected chi connectivity index (χ4v) is 2.07. The summed E-state index contributed by atoms with van der Waals surface area (Å²) in [5, 5.41) is 10.9. The van der Waals surface area contributed by atoms with Crippen LogP contribution in [0.25, 0.3) is 0 Å². The predicted molar refractivity (Wildman–Crippen MR) is 70.3 cm³/mol. The zero-order chi connectivity index (χ0) is 15.4. The predicted octanol–water partition coefficient (Wildman–Crippen LogP) is 2.16. The van der Waals surface area contributed by atoms with Crippen molar-refractivity contribution in [2.24, 2.45) is 0 Å². The average Bonchev–Trinajstić information content (AvgIpc) is 2.90. The van der Waals surface area contributed by atoms with Crippen molar-refractivity contribution in [3.05, 3.63) is 46.2 Å². The van der Waals surface area contributed by atoms with Gasteiger partial charge >= 0.3 is 0 Å². The smallest absolute Gasteiger partial charge is 0.260 e. The first-order valence-electron chi connectivity index (χ1n) is 5.53. The number of nitrogens with one attached hydrogen (secondary N) is 1. The van der Waals surface area contributed by atoms with Crippen LogP contribution in [0.4, 0.5) is 18.3 Å². The molecule has 108 valence electrons. The van der Waals surface area contributed by atoms with E-state index in [1.165, 1.54) is 6.20 Å². The molecule has 0 radical (unpaired) electrons. The van der Waals surface area contributed by atoms with E-state index in [2.05, 4.69) is 22.1 Å². The molecule has 1 aromatic carbocycles. The van der Waals surface area contributed by atoms with E-state index in [1.807, 2.05) is 0 Å². The summed E-state index contributed by atoms with van der Waals surface area (Å²) in [5.41, 5.74) is -0.632. The second-order valence-electron chi connectivity index (χ2n) is 3.67. The van der Waals surface area contributed by atoms with Crippen LogP contribution in [0, 0.1) is 29.3 Å². The van der Waals surface area contributed by atoms with Gasteiger partial charge in [-0.15, -0.1) is 0 Å². The Bertz CT molecular complexity index is 750. The fourth-order valence-electron chi connectivity index (χ4n) is 1.38. The Kier molecular flexibility index (Phi) is 4.57. The van der Waals surface area contributed by atoms with Crippen molar-refractivity contribution >= 4 is 22.4 Å². The Morgan fingerprint density at radius 3 is 2.81 bits per heavy atom. The number of carbonyl (C=O) groups is 1. The van der Waals surface area contributed by atoms with Crippen LogP contribution in [0.1, 0.15) is 15.2 Å². The first kappa shape index (κ1) is 15.0. The third kappa shape index (κ3) is 3.39. The maximum Gasteiger partial charge on any atom is 0.260 e. The molecule has 0 aliphatic carbocycles. The van der Waals surface area contributed by atoms with Gasteiger partial charge < -0.3 is 5.11 Å². The number of benzene rings is 1. The molecule has 0 aliphatic rings. The summed E-state index contributed by atoms with van der Waals surface area (Å²) in [6.45, 7) is -0.320. The Hall–Kier alpha value is -2.37. The van der Waals surface area contributed by atoms with Crippen molar-refractivity contribution in [2.45, 2.75) is 0 Å². The number of halogens is 3. The standard InChI is InChI=1S/C13H7F3N2O2S/c14-9-4-3-8(10(15)11(9)16)12(20)18-13-17-6-7(21-13)2-1-5-19/h3-4,6,19H,5H2,(H,17,18,20). The molecule has 1 heterocycles. The van der Waals surface area contributed by atoms with Gasteiger partial charge in [0.05, 0.1) is 16.6 Å². The minimum atomic E-state index is -1.71. The normalized spacial score (nSPS) is 9.90. The van der Waals surface area contributed by atoms with Crippen LogP contribution in [0.15, 0.2) is 18.3 Å². The van der Waals surface area contributed by atoms with Crippen molar-refractivity contribution in [3.63, 3.8) is 0 Å². The molecule has 4 nitrogen and oxygen atoms in total. The van der Waals surface area contributed by atoms with Crippen molar-refractivity contribution in [1.29, 1.82) is 0 Å². The topological polar surface area (TPSA) is 62.2 Å². The number of aliphatic hydroxyl groups excluding tert-OH is 1. The van der Waals surface area contributed by atoms with Crippen LogP contribution < -0.4 is 5.32 Å². The quantitative estimate of drug-likeness (QED) is 0.660. The number of hydrogen-bond donors (Lipinski definition) is 2. The van der Waals surface area contributed by atoms with Gasteiger partial charge in [0.2, 0.25) is 0 Å². The second-order valence-corrected chi connectivity index (χ2v) is 4.70. The summed E-state index contributed by atoms with van der Waals surface area (Å²) in [6, 6.07) is 1.50. The van der Waals surface area contributed by atoms with Crippen molar-refractivity contribution in [3.8, 4) is 11.8 Å². The van der Waals surface area contributed by atoms with E-state index in [9.17, 15) is 18.0 Å². The van der Waals surface area contributed by atoms with E-state index in [0.29, 0.717) is 10.9 Å². The average molecular weight is 312 g/mol. The molecule has 21 heavy (non-hydrogen) atoms. The summed E-state index contributed by atoms with van der Waals surface area (Å²) in [5.74, 6) is -0.634. The Morgan fingerprint density at radius 2 is 2.10 bits per heavy atom. The molecule has 0 bridgehead atoms. The van der Waals surface area contributed by atoms with Crippen LogP contribution in [0.3, 0.4) is 0 Å². The molecule has 0 atom stereocenters. The van der Waals surface area contributed by atoms with E-state index in [4.69, 9.17) is 5.11 Å². The molecule has 0 unspecified atom stereocenters. The van der Waals surface area contributed by atoms with Crippen molar-refractivity contribution in [2.75, 3.05) is 11.9 Å². The third-order valence-electron chi connectivity index (χ3n) is 2.30. The summed E-state index contributed by atoms with van der Waals surface area (Å²) in [4.78, 5) is 16.1. The lowest BCUT2D eigenvalue weighted by molar-refractivity contribution is 0.102. The molecule has 0 saturated heterocycles. The highest BCUT2D eigenvalue weighted by Crippen LogP contribution is 2.20. The number of aromatic nitrogens is 1.